The Labute approximate surface area is 135 Å². The first-order valence-electron chi connectivity index (χ1n) is 7.04. The van der Waals surface area contributed by atoms with Crippen LogP contribution < -0.4 is 4.90 Å². The van der Waals surface area contributed by atoms with Crippen molar-refractivity contribution in [3.63, 3.8) is 0 Å². The predicted molar refractivity (Wildman–Crippen MR) is 85.0 cm³/mol. The minimum atomic E-state index is -0.327. The number of nitrogens with zero attached hydrogens (tertiary/aromatic N) is 4. The zero-order valence-electron chi connectivity index (χ0n) is 12.0. The summed E-state index contributed by atoms with van der Waals surface area (Å²) in [7, 11) is 0. The van der Waals surface area contributed by atoms with Gasteiger partial charge in [-0.25, -0.2) is 8.78 Å². The van der Waals surface area contributed by atoms with Crippen molar-refractivity contribution in [3.05, 3.63) is 60.2 Å². The molecular formula is C16H12F2N4S. The smallest absolute Gasteiger partial charge is 0.194 e. The van der Waals surface area contributed by atoms with Crippen molar-refractivity contribution < 1.29 is 8.78 Å². The summed E-state index contributed by atoms with van der Waals surface area (Å²) in [6.07, 6.45) is 0. The van der Waals surface area contributed by atoms with Crippen molar-refractivity contribution in [3.8, 4) is 11.4 Å². The van der Waals surface area contributed by atoms with Crippen LogP contribution in [0.2, 0.25) is 0 Å². The molecule has 1 aromatic heterocycles. The largest absolute Gasteiger partial charge is 0.344 e. The summed E-state index contributed by atoms with van der Waals surface area (Å²) in [5, 5.41) is 9.03. The average molecular weight is 330 g/mol. The monoisotopic (exact) mass is 330 g/mol. The van der Waals surface area contributed by atoms with E-state index < -0.39 is 0 Å². The number of aromatic nitrogens is 3. The molecule has 0 bridgehead atoms. The van der Waals surface area contributed by atoms with Gasteiger partial charge in [0, 0.05) is 5.69 Å². The maximum atomic E-state index is 14.0. The van der Waals surface area contributed by atoms with Crippen LogP contribution in [0.4, 0.5) is 14.5 Å². The van der Waals surface area contributed by atoms with Crippen molar-refractivity contribution in [2.75, 3.05) is 10.8 Å². The molecule has 3 aromatic rings. The third-order valence-electron chi connectivity index (χ3n) is 3.68. The first-order chi connectivity index (χ1) is 11.2. The third kappa shape index (κ3) is 2.57. The summed E-state index contributed by atoms with van der Waals surface area (Å²) in [6, 6.07) is 12.8. The Balaban J connectivity index is 1.70. The van der Waals surface area contributed by atoms with Gasteiger partial charge in [0.05, 0.1) is 18.1 Å². The highest BCUT2D eigenvalue weighted by molar-refractivity contribution is 7.99. The summed E-state index contributed by atoms with van der Waals surface area (Å²) in [5.41, 5.74) is 1.32. The van der Waals surface area contributed by atoms with Crippen molar-refractivity contribution in [2.45, 2.75) is 11.8 Å². The fourth-order valence-electron chi connectivity index (χ4n) is 2.52. The van der Waals surface area contributed by atoms with Gasteiger partial charge in [-0.05, 0) is 36.4 Å². The van der Waals surface area contributed by atoms with Gasteiger partial charge in [-0.15, -0.1) is 10.2 Å². The van der Waals surface area contributed by atoms with Gasteiger partial charge < -0.3 is 4.90 Å². The second kappa shape index (κ2) is 5.66. The first-order valence-corrected chi connectivity index (χ1v) is 8.02. The summed E-state index contributed by atoms with van der Waals surface area (Å²) < 4.78 is 29.0. The number of fused-ring (bicyclic) bond motifs is 1. The van der Waals surface area contributed by atoms with Gasteiger partial charge >= 0.3 is 0 Å². The van der Waals surface area contributed by atoms with E-state index in [2.05, 4.69) is 15.1 Å². The molecule has 2 heterocycles. The molecule has 7 heteroatoms. The van der Waals surface area contributed by atoms with E-state index in [9.17, 15) is 8.78 Å². The lowest BCUT2D eigenvalue weighted by Gasteiger charge is -2.29. The highest BCUT2D eigenvalue weighted by Gasteiger charge is 2.23. The summed E-state index contributed by atoms with van der Waals surface area (Å²) in [5.74, 6) is 0.584. The average Bonchev–Trinajstić information content (AvgIpc) is 2.99. The molecule has 0 spiro atoms. The third-order valence-corrected chi connectivity index (χ3v) is 4.69. The molecule has 0 radical (unpaired) electrons. The van der Waals surface area contributed by atoms with Crippen LogP contribution >= 0.6 is 11.8 Å². The maximum Gasteiger partial charge on any atom is 0.194 e. The highest BCUT2D eigenvalue weighted by atomic mass is 32.2. The van der Waals surface area contributed by atoms with Gasteiger partial charge in [-0.3, -0.25) is 4.57 Å². The molecule has 0 saturated heterocycles. The van der Waals surface area contributed by atoms with Crippen LogP contribution in [-0.4, -0.2) is 20.6 Å². The summed E-state index contributed by atoms with van der Waals surface area (Å²) >= 11 is 1.52. The number of hydrogen-bond donors (Lipinski definition) is 0. The Morgan fingerprint density at radius 2 is 1.74 bits per heavy atom. The molecule has 0 fully saturated rings. The van der Waals surface area contributed by atoms with Crippen LogP contribution in [0.5, 0.6) is 0 Å². The topological polar surface area (TPSA) is 34.0 Å². The van der Waals surface area contributed by atoms with Gasteiger partial charge in [-0.1, -0.05) is 23.9 Å². The van der Waals surface area contributed by atoms with Crippen LogP contribution in [0.3, 0.4) is 0 Å². The van der Waals surface area contributed by atoms with Gasteiger partial charge in [-0.2, -0.15) is 0 Å². The highest BCUT2D eigenvalue weighted by Crippen LogP contribution is 2.32. The van der Waals surface area contributed by atoms with Crippen LogP contribution in [-0.2, 0) is 6.67 Å². The summed E-state index contributed by atoms with van der Waals surface area (Å²) in [4.78, 5) is 2.06. The second-order valence-electron chi connectivity index (χ2n) is 5.15. The quantitative estimate of drug-likeness (QED) is 0.717. The van der Waals surface area contributed by atoms with Crippen molar-refractivity contribution in [1.29, 1.82) is 0 Å². The lowest BCUT2D eigenvalue weighted by atomic mass is 10.2. The molecule has 1 aliphatic heterocycles. The molecule has 0 amide bonds. The van der Waals surface area contributed by atoms with Gasteiger partial charge in [0.1, 0.15) is 11.6 Å². The minimum absolute atomic E-state index is 0.268. The van der Waals surface area contributed by atoms with Crippen molar-refractivity contribution in [1.82, 2.24) is 14.8 Å². The number of halogens is 2. The number of rotatable bonds is 2. The Hall–Kier alpha value is -2.41. The molecule has 0 N–H and O–H groups in total. The number of hydrogen-bond acceptors (Lipinski definition) is 4. The molecule has 0 atom stereocenters. The van der Waals surface area contributed by atoms with Crippen LogP contribution in [0, 0.1) is 11.6 Å². The molecule has 116 valence electrons. The van der Waals surface area contributed by atoms with E-state index in [1.165, 1.54) is 30.0 Å². The van der Waals surface area contributed by atoms with Crippen molar-refractivity contribution >= 4 is 17.4 Å². The Bertz CT molecular complexity index is 848. The normalized spacial score (nSPS) is 13.9. The maximum absolute atomic E-state index is 14.0. The Morgan fingerprint density at radius 3 is 2.52 bits per heavy atom. The lowest BCUT2D eigenvalue weighted by Crippen LogP contribution is -2.30. The van der Waals surface area contributed by atoms with Crippen LogP contribution in [0.25, 0.3) is 11.4 Å². The SMILES string of the molecule is Fc1ccc(N2CSc3nnc(-c4ccccc4F)n3C2)cc1. The molecule has 0 saturated carbocycles. The molecule has 4 nitrogen and oxygen atoms in total. The molecular weight excluding hydrogens is 318 g/mol. The van der Waals surface area contributed by atoms with E-state index in [1.807, 2.05) is 4.57 Å². The first kappa shape index (κ1) is 14.2. The Morgan fingerprint density at radius 1 is 0.957 bits per heavy atom. The summed E-state index contributed by atoms with van der Waals surface area (Å²) in [6.45, 7) is 0.491. The molecule has 2 aromatic carbocycles. The molecule has 1 aliphatic rings. The van der Waals surface area contributed by atoms with E-state index in [1.54, 1.807) is 30.3 Å². The minimum Gasteiger partial charge on any atom is -0.344 e. The van der Waals surface area contributed by atoms with E-state index in [0.29, 0.717) is 23.9 Å². The van der Waals surface area contributed by atoms with Crippen LogP contribution in [0.15, 0.2) is 53.7 Å². The Kier molecular flexibility index (Phi) is 3.49. The molecule has 4 rings (SSSR count). The predicted octanol–water partition coefficient (Wildman–Crippen LogP) is 3.75. The molecule has 23 heavy (non-hydrogen) atoms. The second-order valence-corrected chi connectivity index (χ2v) is 6.06. The van der Waals surface area contributed by atoms with Gasteiger partial charge in [0.2, 0.25) is 0 Å². The fourth-order valence-corrected chi connectivity index (χ4v) is 3.42. The van der Waals surface area contributed by atoms with Crippen molar-refractivity contribution in [2.24, 2.45) is 0 Å². The number of benzene rings is 2. The number of anilines is 1. The molecule has 0 aliphatic carbocycles. The lowest BCUT2D eigenvalue weighted by molar-refractivity contribution is 0.597. The van der Waals surface area contributed by atoms with E-state index in [-0.39, 0.29) is 11.6 Å². The molecule has 0 unspecified atom stereocenters. The van der Waals surface area contributed by atoms with E-state index >= 15 is 0 Å². The zero-order chi connectivity index (χ0) is 15.8. The van der Waals surface area contributed by atoms with Gasteiger partial charge in [0.25, 0.3) is 0 Å². The van der Waals surface area contributed by atoms with Gasteiger partial charge in [0.15, 0.2) is 11.0 Å². The fraction of sp³-hybridized carbons (Fsp3) is 0.125. The van der Waals surface area contributed by atoms with E-state index in [4.69, 9.17) is 0 Å². The number of thioether (sulfide) groups is 1. The van der Waals surface area contributed by atoms with E-state index in [0.717, 1.165) is 10.8 Å². The standard InChI is InChI=1S/C16H12F2N4S/c17-11-5-7-12(8-6-11)21-9-22-15(19-20-16(22)23-10-21)13-3-1-2-4-14(13)18/h1-8H,9-10H2. The zero-order valence-corrected chi connectivity index (χ0v) is 12.8. The van der Waals surface area contributed by atoms with Crippen LogP contribution in [0.1, 0.15) is 0 Å².